The second kappa shape index (κ2) is 6.23. The molecule has 3 rings (SSSR count). The Morgan fingerprint density at radius 1 is 1.43 bits per heavy atom. The van der Waals surface area contributed by atoms with Crippen molar-refractivity contribution in [1.29, 1.82) is 0 Å². The predicted octanol–water partition coefficient (Wildman–Crippen LogP) is 1.44. The minimum atomic E-state index is -0.0262. The molecular weight excluding hydrogens is 268 g/mol. The lowest BCUT2D eigenvalue weighted by Gasteiger charge is -2.43. The Balaban J connectivity index is 1.61. The largest absolute Gasteiger partial charge is 0.375 e. The maximum atomic E-state index is 12.5. The summed E-state index contributed by atoms with van der Waals surface area (Å²) in [5.41, 5.74) is 6.21. The SMILES string of the molecule is NCc1cn(CC(=O)C2CCOC3(CCCCC3)C2)nn1. The van der Waals surface area contributed by atoms with Gasteiger partial charge in [-0.15, -0.1) is 5.10 Å². The highest BCUT2D eigenvalue weighted by molar-refractivity contribution is 5.80. The summed E-state index contributed by atoms with van der Waals surface area (Å²) in [5, 5.41) is 7.89. The van der Waals surface area contributed by atoms with E-state index in [0.717, 1.165) is 31.4 Å². The molecule has 6 nitrogen and oxygen atoms in total. The molecule has 116 valence electrons. The number of nitrogens with two attached hydrogens (primary N) is 1. The van der Waals surface area contributed by atoms with Crippen LogP contribution >= 0.6 is 0 Å². The summed E-state index contributed by atoms with van der Waals surface area (Å²) in [5.74, 6) is 0.346. The third-order valence-corrected chi connectivity index (χ3v) is 4.83. The average molecular weight is 292 g/mol. The quantitative estimate of drug-likeness (QED) is 0.907. The molecule has 0 aromatic carbocycles. The summed E-state index contributed by atoms with van der Waals surface area (Å²) in [6.45, 7) is 1.37. The van der Waals surface area contributed by atoms with Gasteiger partial charge in [0.15, 0.2) is 5.78 Å². The lowest BCUT2D eigenvalue weighted by molar-refractivity contribution is -0.143. The van der Waals surface area contributed by atoms with E-state index in [1.807, 2.05) is 0 Å². The number of ether oxygens (including phenoxy) is 1. The summed E-state index contributed by atoms with van der Waals surface area (Å²) >= 11 is 0. The lowest BCUT2D eigenvalue weighted by Crippen LogP contribution is -2.43. The zero-order valence-electron chi connectivity index (χ0n) is 12.5. The van der Waals surface area contributed by atoms with Gasteiger partial charge in [-0.3, -0.25) is 4.79 Å². The first-order valence-electron chi connectivity index (χ1n) is 7.96. The van der Waals surface area contributed by atoms with Crippen LogP contribution in [0, 0.1) is 5.92 Å². The Labute approximate surface area is 125 Å². The van der Waals surface area contributed by atoms with Crippen LogP contribution in [-0.4, -0.2) is 33.0 Å². The molecule has 21 heavy (non-hydrogen) atoms. The van der Waals surface area contributed by atoms with Crippen LogP contribution in [0.25, 0.3) is 0 Å². The van der Waals surface area contributed by atoms with Crippen LogP contribution in [0.3, 0.4) is 0 Å². The van der Waals surface area contributed by atoms with Crippen molar-refractivity contribution in [1.82, 2.24) is 15.0 Å². The van der Waals surface area contributed by atoms with E-state index in [1.165, 1.54) is 19.3 Å². The van der Waals surface area contributed by atoms with Crippen LogP contribution in [0.4, 0.5) is 0 Å². The number of aromatic nitrogens is 3. The predicted molar refractivity (Wildman–Crippen MR) is 77.4 cm³/mol. The molecule has 2 N–H and O–H groups in total. The highest BCUT2D eigenvalue weighted by Gasteiger charge is 2.40. The Bertz CT molecular complexity index is 488. The smallest absolute Gasteiger partial charge is 0.157 e. The summed E-state index contributed by atoms with van der Waals surface area (Å²) in [6.07, 6.45) is 9.43. The fourth-order valence-electron chi connectivity index (χ4n) is 3.65. The maximum Gasteiger partial charge on any atom is 0.157 e. The van der Waals surface area contributed by atoms with Crippen LogP contribution in [-0.2, 0) is 22.6 Å². The molecule has 1 aliphatic heterocycles. The van der Waals surface area contributed by atoms with Gasteiger partial charge in [0.05, 0.1) is 17.5 Å². The summed E-state index contributed by atoms with van der Waals surface area (Å²) in [6, 6.07) is 0. The van der Waals surface area contributed by atoms with E-state index in [0.29, 0.717) is 19.7 Å². The van der Waals surface area contributed by atoms with Crippen LogP contribution in [0.2, 0.25) is 0 Å². The van der Waals surface area contributed by atoms with Crippen molar-refractivity contribution >= 4 is 5.78 Å². The third kappa shape index (κ3) is 3.32. The number of carbonyl (C=O) groups excluding carboxylic acids is 1. The van der Waals surface area contributed by atoms with E-state index < -0.39 is 0 Å². The van der Waals surface area contributed by atoms with Gasteiger partial charge < -0.3 is 10.5 Å². The highest BCUT2D eigenvalue weighted by Crippen LogP contribution is 2.40. The molecule has 0 radical (unpaired) electrons. The molecule has 1 saturated heterocycles. The van der Waals surface area contributed by atoms with E-state index >= 15 is 0 Å². The molecule has 1 aromatic rings. The first-order chi connectivity index (χ1) is 10.2. The summed E-state index contributed by atoms with van der Waals surface area (Å²) in [4.78, 5) is 12.5. The third-order valence-electron chi connectivity index (χ3n) is 4.83. The Morgan fingerprint density at radius 2 is 2.24 bits per heavy atom. The molecule has 1 aliphatic carbocycles. The molecule has 6 heteroatoms. The number of ketones is 1. The van der Waals surface area contributed by atoms with E-state index in [9.17, 15) is 4.79 Å². The number of hydrogen-bond acceptors (Lipinski definition) is 5. The van der Waals surface area contributed by atoms with Gasteiger partial charge in [0.2, 0.25) is 0 Å². The minimum absolute atomic E-state index is 0.0262. The van der Waals surface area contributed by atoms with E-state index in [1.54, 1.807) is 10.9 Å². The summed E-state index contributed by atoms with van der Waals surface area (Å²) < 4.78 is 7.66. The van der Waals surface area contributed by atoms with Crippen molar-refractivity contribution < 1.29 is 9.53 Å². The fourth-order valence-corrected chi connectivity index (χ4v) is 3.65. The number of rotatable bonds is 4. The van der Waals surface area contributed by atoms with Crippen LogP contribution in [0.1, 0.15) is 50.6 Å². The molecule has 1 aromatic heterocycles. The standard InChI is InChI=1S/C15H24N4O2/c16-9-13-10-19(18-17-13)11-14(20)12-4-7-21-15(8-12)5-2-1-3-6-15/h10,12H,1-9,11,16H2. The molecule has 1 atom stereocenters. The van der Waals surface area contributed by atoms with Crippen molar-refractivity contribution in [3.8, 4) is 0 Å². The van der Waals surface area contributed by atoms with E-state index in [4.69, 9.17) is 10.5 Å². The Morgan fingerprint density at radius 3 is 2.95 bits per heavy atom. The monoisotopic (exact) mass is 292 g/mol. The first-order valence-corrected chi connectivity index (χ1v) is 7.96. The van der Waals surface area contributed by atoms with Gasteiger partial charge in [-0.1, -0.05) is 24.5 Å². The van der Waals surface area contributed by atoms with Gasteiger partial charge in [-0.05, 0) is 25.7 Å². The van der Waals surface area contributed by atoms with E-state index in [2.05, 4.69) is 10.3 Å². The molecule has 2 aliphatic rings. The van der Waals surface area contributed by atoms with Gasteiger partial charge in [0, 0.05) is 19.1 Å². The molecule has 0 amide bonds. The first kappa shape index (κ1) is 14.7. The molecule has 2 heterocycles. The van der Waals surface area contributed by atoms with Crippen molar-refractivity contribution in [2.24, 2.45) is 11.7 Å². The van der Waals surface area contributed by atoms with Gasteiger partial charge in [-0.25, -0.2) is 4.68 Å². The topological polar surface area (TPSA) is 83.0 Å². The van der Waals surface area contributed by atoms with Crippen molar-refractivity contribution in [3.63, 3.8) is 0 Å². The molecule has 2 fully saturated rings. The van der Waals surface area contributed by atoms with Gasteiger partial charge in [0.25, 0.3) is 0 Å². The second-order valence-corrected chi connectivity index (χ2v) is 6.36. The fraction of sp³-hybridized carbons (Fsp3) is 0.800. The lowest BCUT2D eigenvalue weighted by atomic mass is 9.75. The van der Waals surface area contributed by atoms with Gasteiger partial charge >= 0.3 is 0 Å². The van der Waals surface area contributed by atoms with Gasteiger partial charge in [0.1, 0.15) is 6.54 Å². The normalized spacial score (nSPS) is 25.1. The minimum Gasteiger partial charge on any atom is -0.375 e. The molecular formula is C15H24N4O2. The van der Waals surface area contributed by atoms with E-state index in [-0.39, 0.29) is 17.3 Å². The highest BCUT2D eigenvalue weighted by atomic mass is 16.5. The average Bonchev–Trinajstić information content (AvgIpc) is 2.96. The molecule has 1 spiro atoms. The number of nitrogens with zero attached hydrogens (tertiary/aromatic N) is 3. The van der Waals surface area contributed by atoms with Crippen molar-refractivity contribution in [2.45, 2.75) is 63.6 Å². The van der Waals surface area contributed by atoms with Crippen molar-refractivity contribution in [2.75, 3.05) is 6.61 Å². The van der Waals surface area contributed by atoms with Crippen molar-refractivity contribution in [3.05, 3.63) is 11.9 Å². The zero-order valence-corrected chi connectivity index (χ0v) is 12.5. The number of carbonyl (C=O) groups is 1. The zero-order chi connectivity index (χ0) is 14.7. The van der Waals surface area contributed by atoms with Crippen LogP contribution in [0.5, 0.6) is 0 Å². The molecule has 0 bridgehead atoms. The van der Waals surface area contributed by atoms with Crippen LogP contribution in [0.15, 0.2) is 6.20 Å². The molecule has 1 unspecified atom stereocenters. The van der Waals surface area contributed by atoms with Gasteiger partial charge in [-0.2, -0.15) is 0 Å². The second-order valence-electron chi connectivity index (χ2n) is 6.36. The number of Topliss-reactive ketones (excluding diaryl/α,β-unsaturated/α-hetero) is 1. The Hall–Kier alpha value is -1.27. The molecule has 1 saturated carbocycles. The maximum absolute atomic E-state index is 12.5. The number of hydrogen-bond donors (Lipinski definition) is 1. The summed E-state index contributed by atoms with van der Waals surface area (Å²) in [7, 11) is 0. The Kier molecular flexibility index (Phi) is 4.35. The van der Waals surface area contributed by atoms with Crippen LogP contribution < -0.4 is 5.73 Å².